The summed E-state index contributed by atoms with van der Waals surface area (Å²) in [6.07, 6.45) is 10.9. The topological polar surface area (TPSA) is 20.3 Å². The van der Waals surface area contributed by atoms with Crippen molar-refractivity contribution in [2.45, 2.75) is 31.6 Å². The zero-order valence-electron chi connectivity index (χ0n) is 14.3. The molecule has 24 heavy (non-hydrogen) atoms. The molecule has 1 heterocycles. The Bertz CT molecular complexity index is 740. The van der Waals surface area contributed by atoms with Crippen molar-refractivity contribution in [2.75, 3.05) is 4.90 Å². The van der Waals surface area contributed by atoms with E-state index in [0.29, 0.717) is 12.0 Å². The Kier molecular flexibility index (Phi) is 6.44. The van der Waals surface area contributed by atoms with Gasteiger partial charge < -0.3 is 0 Å². The molecule has 0 bridgehead atoms. The summed E-state index contributed by atoms with van der Waals surface area (Å²) >= 11 is 1.65. The van der Waals surface area contributed by atoms with Gasteiger partial charge in [0, 0.05) is 27.5 Å². The normalized spacial score (nSPS) is 14.8. The molecule has 0 unspecified atom stereocenters. The summed E-state index contributed by atoms with van der Waals surface area (Å²) in [6, 6.07) is 7.97. The SMILES string of the molecule is C=CCC1=C(C=C)Sc2ccccc2N1C(=O)C(/C=C\CC)=C/C. The van der Waals surface area contributed by atoms with E-state index in [4.69, 9.17) is 0 Å². The molecule has 0 fully saturated rings. The smallest absolute Gasteiger partial charge is 0.262 e. The Hall–Kier alpha value is -2.26. The monoisotopic (exact) mass is 337 g/mol. The minimum atomic E-state index is -0.0221. The number of fused-ring (bicyclic) bond motifs is 1. The molecular formula is C21H23NOS. The van der Waals surface area contributed by atoms with Crippen LogP contribution in [0.4, 0.5) is 5.69 Å². The second kappa shape index (κ2) is 8.55. The van der Waals surface area contributed by atoms with E-state index in [1.54, 1.807) is 16.7 Å². The number of hydrogen-bond donors (Lipinski definition) is 0. The van der Waals surface area contributed by atoms with Gasteiger partial charge >= 0.3 is 0 Å². The highest BCUT2D eigenvalue weighted by molar-refractivity contribution is 8.03. The van der Waals surface area contributed by atoms with Gasteiger partial charge in [-0.15, -0.1) is 6.58 Å². The lowest BCUT2D eigenvalue weighted by molar-refractivity contribution is -0.114. The van der Waals surface area contributed by atoms with Gasteiger partial charge in [-0.1, -0.05) is 67.8 Å². The molecule has 0 N–H and O–H groups in total. The summed E-state index contributed by atoms with van der Waals surface area (Å²) in [5, 5.41) is 0. The number of thioether (sulfide) groups is 1. The minimum Gasteiger partial charge on any atom is -0.278 e. The molecule has 1 amide bonds. The van der Waals surface area contributed by atoms with Crippen LogP contribution in [0, 0.1) is 0 Å². The maximum atomic E-state index is 13.2. The molecule has 2 nitrogen and oxygen atoms in total. The van der Waals surface area contributed by atoms with Crippen molar-refractivity contribution in [3.63, 3.8) is 0 Å². The minimum absolute atomic E-state index is 0.0221. The van der Waals surface area contributed by atoms with E-state index in [9.17, 15) is 4.79 Å². The fraction of sp³-hybridized carbons (Fsp3) is 0.190. The third kappa shape index (κ3) is 3.62. The van der Waals surface area contributed by atoms with Crippen molar-refractivity contribution in [3.8, 4) is 0 Å². The lowest BCUT2D eigenvalue weighted by Gasteiger charge is -2.32. The van der Waals surface area contributed by atoms with Crippen molar-refractivity contribution in [3.05, 3.63) is 84.0 Å². The van der Waals surface area contributed by atoms with E-state index in [-0.39, 0.29) is 5.91 Å². The standard InChI is InChI=1S/C21H23NOS/c1-5-9-13-16(7-3)21(23)22-17(12-6-2)19(8-4)24-20-15-11-10-14-18(20)22/h6-11,13-15H,2,4-5,12H2,1,3H3/b13-9-,16-7+. The van der Waals surface area contributed by atoms with Gasteiger partial charge in [-0.2, -0.15) is 0 Å². The van der Waals surface area contributed by atoms with E-state index in [1.165, 1.54) is 0 Å². The van der Waals surface area contributed by atoms with Crippen LogP contribution in [0.2, 0.25) is 0 Å². The van der Waals surface area contributed by atoms with E-state index in [2.05, 4.69) is 20.1 Å². The van der Waals surface area contributed by atoms with E-state index < -0.39 is 0 Å². The van der Waals surface area contributed by atoms with Crippen LogP contribution in [0.25, 0.3) is 0 Å². The fourth-order valence-electron chi connectivity index (χ4n) is 2.55. The Labute approximate surface area is 148 Å². The summed E-state index contributed by atoms with van der Waals surface area (Å²) < 4.78 is 0. The molecule has 0 radical (unpaired) electrons. The second-order valence-electron chi connectivity index (χ2n) is 5.27. The number of allylic oxidation sites excluding steroid dienone is 4. The van der Waals surface area contributed by atoms with Crippen LogP contribution in [0.5, 0.6) is 0 Å². The van der Waals surface area contributed by atoms with Gasteiger partial charge in [0.1, 0.15) is 0 Å². The molecule has 2 rings (SSSR count). The Balaban J connectivity index is 2.59. The first-order valence-electron chi connectivity index (χ1n) is 8.08. The van der Waals surface area contributed by atoms with Crippen molar-refractivity contribution in [1.29, 1.82) is 0 Å². The highest BCUT2D eigenvalue weighted by Crippen LogP contribution is 2.45. The number of benzene rings is 1. The number of rotatable bonds is 6. The fourth-order valence-corrected chi connectivity index (χ4v) is 3.57. The second-order valence-corrected chi connectivity index (χ2v) is 6.36. The summed E-state index contributed by atoms with van der Waals surface area (Å²) in [5.41, 5.74) is 2.53. The number of nitrogens with zero attached hydrogens (tertiary/aromatic N) is 1. The zero-order valence-corrected chi connectivity index (χ0v) is 15.1. The number of anilines is 1. The van der Waals surface area contributed by atoms with E-state index >= 15 is 0 Å². The largest absolute Gasteiger partial charge is 0.278 e. The number of amides is 1. The van der Waals surface area contributed by atoms with Crippen LogP contribution >= 0.6 is 11.8 Å². The molecule has 1 aromatic carbocycles. The van der Waals surface area contributed by atoms with Gasteiger partial charge in [-0.25, -0.2) is 0 Å². The van der Waals surface area contributed by atoms with E-state index in [0.717, 1.165) is 27.6 Å². The third-order valence-electron chi connectivity index (χ3n) is 3.70. The zero-order chi connectivity index (χ0) is 17.5. The number of carbonyl (C=O) groups is 1. The summed E-state index contributed by atoms with van der Waals surface area (Å²) in [7, 11) is 0. The molecule has 3 heteroatoms. The predicted octanol–water partition coefficient (Wildman–Crippen LogP) is 6.01. The molecule has 1 aliphatic rings. The van der Waals surface area contributed by atoms with Crippen molar-refractivity contribution in [1.82, 2.24) is 0 Å². The molecule has 0 atom stereocenters. The van der Waals surface area contributed by atoms with Crippen molar-refractivity contribution >= 4 is 23.4 Å². The highest BCUT2D eigenvalue weighted by Gasteiger charge is 2.29. The number of hydrogen-bond acceptors (Lipinski definition) is 2. The van der Waals surface area contributed by atoms with E-state index in [1.807, 2.05) is 61.6 Å². The molecule has 1 aromatic rings. The van der Waals surface area contributed by atoms with Gasteiger partial charge in [0.05, 0.1) is 5.69 Å². The molecule has 0 saturated heterocycles. The Morgan fingerprint density at radius 3 is 2.67 bits per heavy atom. The summed E-state index contributed by atoms with van der Waals surface area (Å²) in [6.45, 7) is 11.7. The lowest BCUT2D eigenvalue weighted by Crippen LogP contribution is -2.33. The van der Waals surface area contributed by atoms with Crippen LogP contribution in [-0.4, -0.2) is 5.91 Å². The molecule has 0 spiro atoms. The molecule has 0 saturated carbocycles. The van der Waals surface area contributed by atoms with Crippen molar-refractivity contribution < 1.29 is 4.79 Å². The third-order valence-corrected chi connectivity index (χ3v) is 4.88. The first-order valence-corrected chi connectivity index (χ1v) is 8.90. The van der Waals surface area contributed by atoms with Gasteiger partial charge in [-0.05, 0) is 25.5 Å². The van der Waals surface area contributed by atoms with Gasteiger partial charge in [-0.3, -0.25) is 9.69 Å². The average molecular weight is 337 g/mol. The predicted molar refractivity (Wildman–Crippen MR) is 105 cm³/mol. The molecule has 0 aromatic heterocycles. The van der Waals surface area contributed by atoms with Crippen LogP contribution in [-0.2, 0) is 4.79 Å². The molecule has 1 aliphatic heterocycles. The highest BCUT2D eigenvalue weighted by atomic mass is 32.2. The summed E-state index contributed by atoms with van der Waals surface area (Å²) in [4.78, 5) is 17.1. The Morgan fingerprint density at radius 2 is 2.04 bits per heavy atom. The Morgan fingerprint density at radius 1 is 1.29 bits per heavy atom. The van der Waals surface area contributed by atoms with Crippen LogP contribution in [0.1, 0.15) is 26.7 Å². The quantitative estimate of drug-likeness (QED) is 0.360. The maximum absolute atomic E-state index is 13.2. The lowest BCUT2D eigenvalue weighted by atomic mass is 10.1. The van der Waals surface area contributed by atoms with Crippen LogP contribution < -0.4 is 4.90 Å². The first kappa shape index (κ1) is 18.1. The van der Waals surface area contributed by atoms with Crippen LogP contribution in [0.3, 0.4) is 0 Å². The number of para-hydroxylation sites is 1. The number of carbonyl (C=O) groups excluding carboxylic acids is 1. The van der Waals surface area contributed by atoms with Crippen molar-refractivity contribution in [2.24, 2.45) is 0 Å². The first-order chi connectivity index (χ1) is 11.7. The maximum Gasteiger partial charge on any atom is 0.262 e. The van der Waals surface area contributed by atoms with Crippen LogP contribution in [0.15, 0.2) is 88.9 Å². The molecule has 0 aliphatic carbocycles. The van der Waals surface area contributed by atoms with Gasteiger partial charge in [0.25, 0.3) is 5.91 Å². The van der Waals surface area contributed by atoms with Gasteiger partial charge in [0.2, 0.25) is 0 Å². The summed E-state index contributed by atoms with van der Waals surface area (Å²) in [5.74, 6) is -0.0221. The molecule has 124 valence electrons. The average Bonchev–Trinajstić information content (AvgIpc) is 2.61. The molecular weight excluding hydrogens is 314 g/mol. The van der Waals surface area contributed by atoms with Gasteiger partial charge in [0.15, 0.2) is 0 Å².